The Balaban J connectivity index is 1.39. The van der Waals surface area contributed by atoms with Crippen molar-refractivity contribution >= 4 is 28.5 Å². The van der Waals surface area contributed by atoms with Crippen LogP contribution in [0.25, 0.3) is 11.0 Å². The van der Waals surface area contributed by atoms with Crippen LogP contribution in [0.5, 0.6) is 0 Å². The zero-order valence-corrected chi connectivity index (χ0v) is 20.8. The van der Waals surface area contributed by atoms with E-state index in [1.165, 1.54) is 32.1 Å². The Hall–Kier alpha value is -2.42. The molecule has 2 aliphatic rings. The third kappa shape index (κ3) is 6.63. The number of fused-ring (bicyclic) bond motifs is 1. The molecule has 1 saturated carbocycles. The molecule has 2 heterocycles. The Morgan fingerprint density at radius 1 is 1.06 bits per heavy atom. The highest BCUT2D eigenvalue weighted by Crippen LogP contribution is 2.36. The van der Waals surface area contributed by atoms with Crippen molar-refractivity contribution in [2.45, 2.75) is 64.5 Å². The number of hydrogen-bond acceptors (Lipinski definition) is 7. The van der Waals surface area contributed by atoms with Crippen molar-refractivity contribution in [2.75, 3.05) is 38.3 Å². The number of ether oxygens (including phenoxy) is 3. The van der Waals surface area contributed by atoms with E-state index in [9.17, 15) is 9.59 Å². The number of carbonyl (C=O) groups is 2. The minimum atomic E-state index is -0.568. The average molecular weight is 487 g/mol. The van der Waals surface area contributed by atoms with E-state index in [0.29, 0.717) is 36.3 Å². The van der Waals surface area contributed by atoms with Gasteiger partial charge in [-0.1, -0.05) is 32.1 Å². The Bertz CT molecular complexity index is 975. The summed E-state index contributed by atoms with van der Waals surface area (Å²) < 4.78 is 22.0. The van der Waals surface area contributed by atoms with E-state index in [-0.39, 0.29) is 30.9 Å². The van der Waals surface area contributed by atoms with Gasteiger partial charge in [-0.15, -0.1) is 0 Å². The van der Waals surface area contributed by atoms with E-state index in [1.54, 1.807) is 18.2 Å². The van der Waals surface area contributed by atoms with Gasteiger partial charge in [0.15, 0.2) is 0 Å². The SMILES string of the molecule is CCOCC(COCC)OC(=O)c1cc2cc(NC(=O)[C@@H]3NCC[C@H]3C3CCCCC3)ccc2o1. The molecule has 8 heteroatoms. The van der Waals surface area contributed by atoms with E-state index in [0.717, 1.165) is 18.4 Å². The van der Waals surface area contributed by atoms with Crippen molar-refractivity contribution in [1.82, 2.24) is 5.32 Å². The summed E-state index contributed by atoms with van der Waals surface area (Å²) in [5, 5.41) is 7.21. The summed E-state index contributed by atoms with van der Waals surface area (Å²) in [5.41, 5.74) is 1.24. The Morgan fingerprint density at radius 2 is 1.80 bits per heavy atom. The van der Waals surface area contributed by atoms with Crippen LogP contribution >= 0.6 is 0 Å². The van der Waals surface area contributed by atoms with E-state index in [1.807, 2.05) is 19.9 Å². The number of rotatable bonds is 11. The number of benzene rings is 1. The molecule has 8 nitrogen and oxygen atoms in total. The molecule has 1 aromatic heterocycles. The van der Waals surface area contributed by atoms with Gasteiger partial charge in [0, 0.05) is 24.3 Å². The predicted octanol–water partition coefficient (Wildman–Crippen LogP) is 4.53. The first-order chi connectivity index (χ1) is 17.1. The molecule has 2 N–H and O–H groups in total. The lowest BCUT2D eigenvalue weighted by molar-refractivity contribution is -0.119. The van der Waals surface area contributed by atoms with Crippen molar-refractivity contribution in [3.8, 4) is 0 Å². The lowest BCUT2D eigenvalue weighted by Crippen LogP contribution is -2.42. The second kappa shape index (κ2) is 12.5. The van der Waals surface area contributed by atoms with Gasteiger partial charge in [-0.3, -0.25) is 4.79 Å². The highest BCUT2D eigenvalue weighted by molar-refractivity contribution is 5.98. The maximum Gasteiger partial charge on any atom is 0.374 e. The van der Waals surface area contributed by atoms with Gasteiger partial charge in [0.25, 0.3) is 0 Å². The van der Waals surface area contributed by atoms with Crippen LogP contribution in [0, 0.1) is 11.8 Å². The average Bonchev–Trinajstić information content (AvgIpc) is 3.53. The maximum atomic E-state index is 13.1. The first-order valence-electron chi connectivity index (χ1n) is 13.0. The minimum Gasteiger partial charge on any atom is -0.452 e. The fourth-order valence-corrected chi connectivity index (χ4v) is 5.35. The number of furan rings is 1. The van der Waals surface area contributed by atoms with Gasteiger partial charge in [0.2, 0.25) is 11.7 Å². The molecule has 1 amide bonds. The Labute approximate surface area is 207 Å². The molecular weight excluding hydrogens is 448 g/mol. The zero-order chi connectivity index (χ0) is 24.6. The van der Waals surface area contributed by atoms with Crippen LogP contribution in [0.15, 0.2) is 28.7 Å². The molecule has 2 fully saturated rings. The fourth-order valence-electron chi connectivity index (χ4n) is 5.35. The Kier molecular flexibility index (Phi) is 9.18. The third-order valence-corrected chi connectivity index (χ3v) is 7.08. The molecule has 2 atom stereocenters. The normalized spacial score (nSPS) is 21.0. The summed E-state index contributed by atoms with van der Waals surface area (Å²) in [6.45, 7) is 6.22. The number of anilines is 1. The van der Waals surface area contributed by atoms with Crippen LogP contribution in [-0.4, -0.2) is 57.0 Å². The van der Waals surface area contributed by atoms with Crippen molar-refractivity contribution in [2.24, 2.45) is 11.8 Å². The zero-order valence-electron chi connectivity index (χ0n) is 20.8. The van der Waals surface area contributed by atoms with Gasteiger partial charge in [-0.05, 0) is 62.9 Å². The van der Waals surface area contributed by atoms with Crippen LogP contribution in [0.3, 0.4) is 0 Å². The molecule has 1 aromatic carbocycles. The fraction of sp³-hybridized carbons (Fsp3) is 0.630. The first-order valence-corrected chi connectivity index (χ1v) is 13.0. The van der Waals surface area contributed by atoms with Gasteiger partial charge in [-0.25, -0.2) is 4.79 Å². The van der Waals surface area contributed by atoms with Crippen LogP contribution < -0.4 is 10.6 Å². The molecule has 35 heavy (non-hydrogen) atoms. The number of carbonyl (C=O) groups excluding carboxylic acids is 2. The number of hydrogen-bond donors (Lipinski definition) is 2. The van der Waals surface area contributed by atoms with Crippen molar-refractivity contribution in [3.05, 3.63) is 30.0 Å². The third-order valence-electron chi connectivity index (χ3n) is 7.08. The van der Waals surface area contributed by atoms with Crippen LogP contribution in [0.2, 0.25) is 0 Å². The van der Waals surface area contributed by atoms with Crippen LogP contribution in [0.1, 0.15) is 62.9 Å². The van der Waals surface area contributed by atoms with Gasteiger partial charge >= 0.3 is 5.97 Å². The largest absolute Gasteiger partial charge is 0.452 e. The lowest BCUT2D eigenvalue weighted by Gasteiger charge is -2.30. The van der Waals surface area contributed by atoms with Crippen molar-refractivity contribution < 1.29 is 28.2 Å². The van der Waals surface area contributed by atoms with E-state index < -0.39 is 12.1 Å². The smallest absolute Gasteiger partial charge is 0.374 e. The van der Waals surface area contributed by atoms with Crippen LogP contribution in [0.4, 0.5) is 5.69 Å². The van der Waals surface area contributed by atoms with Gasteiger partial charge in [0.1, 0.15) is 11.7 Å². The van der Waals surface area contributed by atoms with Gasteiger partial charge in [0.05, 0.1) is 19.3 Å². The summed E-state index contributed by atoms with van der Waals surface area (Å²) in [7, 11) is 0. The molecular formula is C27H38N2O6. The molecule has 192 valence electrons. The molecule has 2 aromatic rings. The molecule has 0 spiro atoms. The molecule has 1 aliphatic carbocycles. The monoisotopic (exact) mass is 486 g/mol. The highest BCUT2D eigenvalue weighted by Gasteiger charge is 2.38. The second-order valence-corrected chi connectivity index (χ2v) is 9.48. The lowest BCUT2D eigenvalue weighted by atomic mass is 9.76. The van der Waals surface area contributed by atoms with Gasteiger partial charge in [-0.2, -0.15) is 0 Å². The summed E-state index contributed by atoms with van der Waals surface area (Å²) in [4.78, 5) is 25.8. The molecule has 0 bridgehead atoms. The molecule has 0 unspecified atom stereocenters. The predicted molar refractivity (Wildman–Crippen MR) is 134 cm³/mol. The molecule has 4 rings (SSSR count). The Morgan fingerprint density at radius 3 is 2.51 bits per heavy atom. The number of amides is 1. The summed E-state index contributed by atoms with van der Waals surface area (Å²) in [6, 6.07) is 6.88. The minimum absolute atomic E-state index is 0.00948. The van der Waals surface area contributed by atoms with E-state index >= 15 is 0 Å². The second-order valence-electron chi connectivity index (χ2n) is 9.48. The van der Waals surface area contributed by atoms with Gasteiger partial charge < -0.3 is 29.3 Å². The first kappa shape index (κ1) is 25.7. The number of esters is 1. The quantitative estimate of drug-likeness (QED) is 0.450. The number of nitrogens with one attached hydrogen (secondary N) is 2. The maximum absolute atomic E-state index is 13.1. The van der Waals surface area contributed by atoms with E-state index in [4.69, 9.17) is 18.6 Å². The molecule has 0 radical (unpaired) electrons. The van der Waals surface area contributed by atoms with E-state index in [2.05, 4.69) is 10.6 Å². The van der Waals surface area contributed by atoms with Crippen LogP contribution in [-0.2, 0) is 19.0 Å². The van der Waals surface area contributed by atoms with Crippen molar-refractivity contribution in [1.29, 1.82) is 0 Å². The molecule has 1 saturated heterocycles. The summed E-state index contributed by atoms with van der Waals surface area (Å²) >= 11 is 0. The summed E-state index contributed by atoms with van der Waals surface area (Å²) in [6.07, 6.45) is 6.86. The standard InChI is InChI=1S/C27H38N2O6/c1-3-32-16-21(17-33-4-2)34-27(31)24-15-19-14-20(10-11-23(19)35-24)29-26(30)25-22(12-13-28-25)18-8-6-5-7-9-18/h10-11,14-15,18,21-22,25,28H,3-9,12-13,16-17H2,1-2H3,(H,29,30)/t22-,25+/m0/s1. The summed E-state index contributed by atoms with van der Waals surface area (Å²) in [5.74, 6) is 0.581. The topological polar surface area (TPSA) is 99.0 Å². The molecule has 1 aliphatic heterocycles. The highest BCUT2D eigenvalue weighted by atomic mass is 16.6. The van der Waals surface area contributed by atoms with Crippen molar-refractivity contribution in [3.63, 3.8) is 0 Å².